The van der Waals surface area contributed by atoms with Crippen molar-refractivity contribution >= 4 is 0 Å². The van der Waals surface area contributed by atoms with E-state index in [0.29, 0.717) is 0 Å². The van der Waals surface area contributed by atoms with Gasteiger partial charge in [-0.25, -0.2) is 0 Å². The first kappa shape index (κ1) is 10.7. The van der Waals surface area contributed by atoms with Gasteiger partial charge in [0, 0.05) is 6.54 Å². The summed E-state index contributed by atoms with van der Waals surface area (Å²) < 4.78 is 10.8. The topological polar surface area (TPSA) is 30.5 Å². The zero-order chi connectivity index (χ0) is 9.52. The van der Waals surface area contributed by atoms with Crippen molar-refractivity contribution in [3.05, 3.63) is 12.2 Å². The van der Waals surface area contributed by atoms with Crippen LogP contribution in [0.25, 0.3) is 0 Å². The summed E-state index contributed by atoms with van der Waals surface area (Å²) in [5, 5.41) is 3.32. The third kappa shape index (κ3) is 5.03. The fourth-order valence-electron chi connectivity index (χ4n) is 1.22. The van der Waals surface area contributed by atoms with Crippen LogP contribution in [0.2, 0.25) is 0 Å². The van der Waals surface area contributed by atoms with E-state index < -0.39 is 0 Å². The highest BCUT2D eigenvalue weighted by atomic mass is 16.6. The van der Waals surface area contributed by atoms with Crippen molar-refractivity contribution < 1.29 is 9.47 Å². The predicted molar refractivity (Wildman–Crippen MR) is 52.9 cm³/mol. The lowest BCUT2D eigenvalue weighted by Crippen LogP contribution is -2.37. The lowest BCUT2D eigenvalue weighted by molar-refractivity contribution is -0.0862. The molecule has 13 heavy (non-hydrogen) atoms. The Balaban J connectivity index is 1.95. The Morgan fingerprint density at radius 1 is 1.54 bits per heavy atom. The Labute approximate surface area is 80.1 Å². The molecule has 0 aromatic rings. The molecule has 1 saturated heterocycles. The third-order valence-electron chi connectivity index (χ3n) is 1.99. The van der Waals surface area contributed by atoms with Crippen LogP contribution in [0.5, 0.6) is 0 Å². The van der Waals surface area contributed by atoms with Crippen molar-refractivity contribution in [3.8, 4) is 0 Å². The minimum absolute atomic E-state index is 0.235. The first-order chi connectivity index (χ1) is 6.29. The Morgan fingerprint density at radius 3 is 3.00 bits per heavy atom. The fourth-order valence-corrected chi connectivity index (χ4v) is 1.22. The van der Waals surface area contributed by atoms with Gasteiger partial charge in [-0.3, -0.25) is 0 Å². The lowest BCUT2D eigenvalue weighted by atomic mass is 10.2. The van der Waals surface area contributed by atoms with Crippen LogP contribution in [0.15, 0.2) is 12.2 Å². The first-order valence-electron chi connectivity index (χ1n) is 4.83. The van der Waals surface area contributed by atoms with Gasteiger partial charge in [0.1, 0.15) is 0 Å². The number of hydrogen-bond donors (Lipinski definition) is 1. The summed E-state index contributed by atoms with van der Waals surface area (Å²) in [7, 11) is 0. The van der Waals surface area contributed by atoms with Gasteiger partial charge >= 0.3 is 0 Å². The van der Waals surface area contributed by atoms with Gasteiger partial charge < -0.3 is 14.8 Å². The maximum absolute atomic E-state index is 5.48. The second-order valence-corrected chi connectivity index (χ2v) is 3.48. The number of ether oxygens (including phenoxy) is 2. The average Bonchev–Trinajstić information content (AvgIpc) is 2.14. The van der Waals surface area contributed by atoms with E-state index in [1.165, 1.54) is 5.57 Å². The summed E-state index contributed by atoms with van der Waals surface area (Å²) in [5.74, 6) is 0. The van der Waals surface area contributed by atoms with Gasteiger partial charge in [-0.15, -0.1) is 6.58 Å². The van der Waals surface area contributed by atoms with Crippen LogP contribution in [-0.2, 0) is 9.47 Å². The van der Waals surface area contributed by atoms with Crippen LogP contribution in [0.1, 0.15) is 13.3 Å². The van der Waals surface area contributed by atoms with E-state index in [-0.39, 0.29) is 6.10 Å². The van der Waals surface area contributed by atoms with Crippen LogP contribution >= 0.6 is 0 Å². The summed E-state index contributed by atoms with van der Waals surface area (Å²) in [4.78, 5) is 0. The van der Waals surface area contributed by atoms with Crippen LogP contribution in [0, 0.1) is 0 Å². The third-order valence-corrected chi connectivity index (χ3v) is 1.99. The molecule has 1 rings (SSSR count). The van der Waals surface area contributed by atoms with Crippen LogP contribution in [-0.4, -0.2) is 39.0 Å². The van der Waals surface area contributed by atoms with Crippen molar-refractivity contribution in [3.63, 3.8) is 0 Å². The predicted octanol–water partition coefficient (Wildman–Crippen LogP) is 0.958. The van der Waals surface area contributed by atoms with E-state index in [2.05, 4.69) is 11.9 Å². The highest BCUT2D eigenvalue weighted by molar-refractivity contribution is 4.88. The van der Waals surface area contributed by atoms with Gasteiger partial charge in [0.25, 0.3) is 0 Å². The molecule has 0 spiro atoms. The fraction of sp³-hybridized carbons (Fsp3) is 0.800. The van der Waals surface area contributed by atoms with E-state index in [0.717, 1.165) is 39.3 Å². The molecule has 1 unspecified atom stereocenters. The molecular formula is C10H19NO2. The highest BCUT2D eigenvalue weighted by Crippen LogP contribution is 1.99. The van der Waals surface area contributed by atoms with Crippen molar-refractivity contribution in [1.82, 2.24) is 5.32 Å². The van der Waals surface area contributed by atoms with Gasteiger partial charge in [-0.05, 0) is 19.9 Å². The molecule has 0 radical (unpaired) electrons. The van der Waals surface area contributed by atoms with Crippen LogP contribution < -0.4 is 5.32 Å². The molecule has 0 amide bonds. The summed E-state index contributed by atoms with van der Waals surface area (Å²) >= 11 is 0. The number of nitrogens with one attached hydrogen (secondary N) is 1. The smallest absolute Gasteiger partial charge is 0.0933 e. The van der Waals surface area contributed by atoms with Gasteiger partial charge in [0.15, 0.2) is 0 Å². The maximum Gasteiger partial charge on any atom is 0.0933 e. The minimum Gasteiger partial charge on any atom is -0.376 e. The van der Waals surface area contributed by atoms with E-state index in [9.17, 15) is 0 Å². The SMILES string of the molecule is C=C(C)CCNCC1COCCO1. The molecule has 0 aromatic carbocycles. The second kappa shape index (κ2) is 6.13. The summed E-state index contributed by atoms with van der Waals surface area (Å²) in [5.41, 5.74) is 1.22. The molecule has 1 N–H and O–H groups in total. The Kier molecular flexibility index (Phi) is 5.05. The lowest BCUT2D eigenvalue weighted by Gasteiger charge is -2.23. The minimum atomic E-state index is 0.235. The Hall–Kier alpha value is -0.380. The second-order valence-electron chi connectivity index (χ2n) is 3.48. The molecule has 0 bridgehead atoms. The van der Waals surface area contributed by atoms with Crippen molar-refractivity contribution in [1.29, 1.82) is 0 Å². The number of rotatable bonds is 5. The molecule has 1 fully saturated rings. The summed E-state index contributed by atoms with van der Waals surface area (Å²) in [6.07, 6.45) is 1.27. The molecule has 1 aliphatic rings. The van der Waals surface area contributed by atoms with E-state index in [1.54, 1.807) is 0 Å². The monoisotopic (exact) mass is 185 g/mol. The molecule has 1 atom stereocenters. The Bertz CT molecular complexity index is 153. The molecule has 76 valence electrons. The van der Waals surface area contributed by atoms with Crippen LogP contribution in [0.3, 0.4) is 0 Å². The molecule has 1 aliphatic heterocycles. The zero-order valence-electron chi connectivity index (χ0n) is 8.34. The highest BCUT2D eigenvalue weighted by Gasteiger charge is 2.12. The van der Waals surface area contributed by atoms with Crippen LogP contribution in [0.4, 0.5) is 0 Å². The maximum atomic E-state index is 5.48. The molecule has 0 aromatic heterocycles. The van der Waals surface area contributed by atoms with Crippen molar-refractivity contribution in [2.75, 3.05) is 32.9 Å². The summed E-state index contributed by atoms with van der Waals surface area (Å²) in [6.45, 7) is 9.94. The molecule has 3 nitrogen and oxygen atoms in total. The van der Waals surface area contributed by atoms with Gasteiger partial charge in [-0.2, -0.15) is 0 Å². The molecule has 1 heterocycles. The zero-order valence-corrected chi connectivity index (χ0v) is 8.34. The molecule has 0 aliphatic carbocycles. The number of hydrogen-bond acceptors (Lipinski definition) is 3. The molecular weight excluding hydrogens is 166 g/mol. The van der Waals surface area contributed by atoms with Crippen molar-refractivity contribution in [2.24, 2.45) is 0 Å². The molecule has 0 saturated carbocycles. The van der Waals surface area contributed by atoms with Gasteiger partial charge in [0.2, 0.25) is 0 Å². The van der Waals surface area contributed by atoms with E-state index in [4.69, 9.17) is 9.47 Å². The quantitative estimate of drug-likeness (QED) is 0.511. The van der Waals surface area contributed by atoms with Gasteiger partial charge in [-0.1, -0.05) is 5.57 Å². The first-order valence-corrected chi connectivity index (χ1v) is 4.83. The van der Waals surface area contributed by atoms with E-state index in [1.807, 2.05) is 6.92 Å². The van der Waals surface area contributed by atoms with Crippen molar-refractivity contribution in [2.45, 2.75) is 19.4 Å². The Morgan fingerprint density at radius 2 is 2.38 bits per heavy atom. The van der Waals surface area contributed by atoms with Gasteiger partial charge in [0.05, 0.1) is 25.9 Å². The average molecular weight is 185 g/mol. The summed E-state index contributed by atoms with van der Waals surface area (Å²) in [6, 6.07) is 0. The molecule has 3 heteroatoms. The normalized spacial score (nSPS) is 23.0. The van der Waals surface area contributed by atoms with E-state index >= 15 is 0 Å². The standard InChI is InChI=1S/C10H19NO2/c1-9(2)3-4-11-7-10-8-12-5-6-13-10/h10-11H,1,3-8H2,2H3. The largest absolute Gasteiger partial charge is 0.376 e.